The van der Waals surface area contributed by atoms with Crippen molar-refractivity contribution in [3.8, 4) is 11.5 Å². The Morgan fingerprint density at radius 2 is 1.92 bits per heavy atom. The molecule has 26 heavy (non-hydrogen) atoms. The summed E-state index contributed by atoms with van der Waals surface area (Å²) in [5.74, 6) is 1.86. The van der Waals surface area contributed by atoms with Crippen LogP contribution in [0.1, 0.15) is 12.0 Å². The van der Waals surface area contributed by atoms with E-state index < -0.39 is 6.04 Å². The van der Waals surface area contributed by atoms with Gasteiger partial charge in [-0.15, -0.1) is 12.4 Å². The van der Waals surface area contributed by atoms with Gasteiger partial charge in [0.15, 0.2) is 0 Å². The van der Waals surface area contributed by atoms with E-state index in [1.54, 1.807) is 30.0 Å². The molecule has 0 radical (unpaired) electrons. The summed E-state index contributed by atoms with van der Waals surface area (Å²) >= 11 is 13.8. The van der Waals surface area contributed by atoms with Crippen LogP contribution >= 0.6 is 47.4 Å². The van der Waals surface area contributed by atoms with Gasteiger partial charge in [-0.05, 0) is 48.3 Å². The molecule has 0 saturated heterocycles. The number of halogens is 3. The number of nitrogens with one attached hydrogen (secondary N) is 1. The molecule has 2 aromatic rings. The van der Waals surface area contributed by atoms with Crippen molar-refractivity contribution in [3.05, 3.63) is 58.1 Å². The van der Waals surface area contributed by atoms with E-state index in [1.807, 2.05) is 30.5 Å². The van der Waals surface area contributed by atoms with E-state index in [-0.39, 0.29) is 18.3 Å². The van der Waals surface area contributed by atoms with Crippen molar-refractivity contribution in [3.63, 3.8) is 0 Å². The molecule has 3 N–H and O–H groups in total. The smallest absolute Gasteiger partial charge is 0.237 e. The zero-order valence-electron chi connectivity index (χ0n) is 14.2. The molecule has 0 fully saturated rings. The maximum absolute atomic E-state index is 11.9. The Hall–Kier alpha value is -1.11. The number of ether oxygens (including phenoxy) is 1. The van der Waals surface area contributed by atoms with Gasteiger partial charge in [0.25, 0.3) is 0 Å². The normalized spacial score (nSPS) is 11.4. The molecular formula is C18H21Cl3N2O2S. The number of hydrogen-bond acceptors (Lipinski definition) is 4. The maximum Gasteiger partial charge on any atom is 0.237 e. The first kappa shape index (κ1) is 22.9. The molecule has 1 amide bonds. The summed E-state index contributed by atoms with van der Waals surface area (Å²) in [6, 6.07) is 12.1. The van der Waals surface area contributed by atoms with Crippen molar-refractivity contribution in [2.45, 2.75) is 19.0 Å². The predicted molar refractivity (Wildman–Crippen MR) is 113 cm³/mol. The van der Waals surface area contributed by atoms with Crippen LogP contribution < -0.4 is 15.8 Å². The lowest BCUT2D eigenvalue weighted by Crippen LogP contribution is -2.40. The van der Waals surface area contributed by atoms with Gasteiger partial charge in [0.05, 0.1) is 11.1 Å². The third kappa shape index (κ3) is 6.89. The van der Waals surface area contributed by atoms with Crippen LogP contribution in [-0.2, 0) is 11.3 Å². The van der Waals surface area contributed by atoms with Crippen LogP contribution in [0.4, 0.5) is 0 Å². The van der Waals surface area contributed by atoms with Crippen LogP contribution in [0.3, 0.4) is 0 Å². The molecule has 0 unspecified atom stereocenters. The van der Waals surface area contributed by atoms with Crippen LogP contribution in [-0.4, -0.2) is 24.0 Å². The lowest BCUT2D eigenvalue weighted by atomic mass is 10.2. The van der Waals surface area contributed by atoms with Crippen molar-refractivity contribution in [1.82, 2.24) is 5.32 Å². The Balaban J connectivity index is 0.00000338. The number of nitrogens with two attached hydrogens (primary N) is 1. The van der Waals surface area contributed by atoms with Gasteiger partial charge in [0.2, 0.25) is 5.91 Å². The average molecular weight is 436 g/mol. The number of hydrogen-bond donors (Lipinski definition) is 2. The van der Waals surface area contributed by atoms with Gasteiger partial charge in [0.1, 0.15) is 16.5 Å². The third-order valence-corrected chi connectivity index (χ3v) is 4.95. The van der Waals surface area contributed by atoms with Gasteiger partial charge in [0, 0.05) is 6.54 Å². The predicted octanol–water partition coefficient (Wildman–Crippen LogP) is 4.90. The largest absolute Gasteiger partial charge is 0.456 e. The monoisotopic (exact) mass is 434 g/mol. The van der Waals surface area contributed by atoms with Crippen molar-refractivity contribution < 1.29 is 9.53 Å². The fourth-order valence-electron chi connectivity index (χ4n) is 2.06. The Bertz CT molecular complexity index is 714. The van der Waals surface area contributed by atoms with Gasteiger partial charge in [-0.25, -0.2) is 0 Å². The van der Waals surface area contributed by atoms with Crippen molar-refractivity contribution in [1.29, 1.82) is 0 Å². The van der Waals surface area contributed by atoms with Crippen LogP contribution in [0.25, 0.3) is 0 Å². The molecule has 0 spiro atoms. The highest BCUT2D eigenvalue weighted by Gasteiger charge is 2.12. The number of carbonyl (C=O) groups is 1. The molecule has 0 aliphatic rings. The highest BCUT2D eigenvalue weighted by atomic mass is 35.5. The van der Waals surface area contributed by atoms with Gasteiger partial charge in [-0.2, -0.15) is 11.8 Å². The molecular weight excluding hydrogens is 415 g/mol. The number of thioether (sulfide) groups is 1. The number of carbonyl (C=O) groups excluding carboxylic acids is 1. The first-order valence-electron chi connectivity index (χ1n) is 7.74. The summed E-state index contributed by atoms with van der Waals surface area (Å²) < 4.78 is 5.73. The van der Waals surface area contributed by atoms with E-state index in [9.17, 15) is 4.79 Å². The second-order valence-corrected chi connectivity index (χ2v) is 7.17. The van der Waals surface area contributed by atoms with Gasteiger partial charge in [-0.1, -0.05) is 41.4 Å². The van der Waals surface area contributed by atoms with Gasteiger partial charge >= 0.3 is 0 Å². The Kier molecular flexibility index (Phi) is 10.2. The minimum absolute atomic E-state index is 0. The second kappa shape index (κ2) is 11.6. The molecule has 0 bridgehead atoms. The lowest BCUT2D eigenvalue weighted by molar-refractivity contribution is -0.122. The van der Waals surface area contributed by atoms with Crippen molar-refractivity contribution >= 4 is 53.3 Å². The minimum atomic E-state index is -0.472. The number of rotatable bonds is 8. The van der Waals surface area contributed by atoms with Gasteiger partial charge in [-0.3, -0.25) is 4.79 Å². The lowest BCUT2D eigenvalue weighted by Gasteiger charge is -2.12. The van der Waals surface area contributed by atoms with Crippen molar-refractivity contribution in [2.24, 2.45) is 5.73 Å². The SMILES string of the molecule is CSCC[C@H](N)C(=O)NCc1ccc(Oc2cccc(Cl)c2Cl)cc1.Cl. The topological polar surface area (TPSA) is 64.4 Å². The molecule has 2 rings (SSSR count). The second-order valence-electron chi connectivity index (χ2n) is 5.40. The zero-order valence-corrected chi connectivity index (χ0v) is 17.4. The number of amides is 1. The first-order chi connectivity index (χ1) is 12.0. The zero-order chi connectivity index (χ0) is 18.2. The summed E-state index contributed by atoms with van der Waals surface area (Å²) in [7, 11) is 0. The van der Waals surface area contributed by atoms with Crippen LogP contribution in [0.2, 0.25) is 10.0 Å². The maximum atomic E-state index is 11.9. The third-order valence-electron chi connectivity index (χ3n) is 3.50. The highest BCUT2D eigenvalue weighted by molar-refractivity contribution is 7.98. The molecule has 0 aliphatic heterocycles. The van der Waals surface area contributed by atoms with E-state index in [4.69, 9.17) is 33.7 Å². The quantitative estimate of drug-likeness (QED) is 0.618. The Morgan fingerprint density at radius 1 is 1.23 bits per heavy atom. The molecule has 1 atom stereocenters. The van der Waals surface area contributed by atoms with E-state index in [1.165, 1.54) is 0 Å². The fourth-order valence-corrected chi connectivity index (χ4v) is 2.88. The molecule has 0 saturated carbocycles. The Labute approximate surface area is 174 Å². The molecule has 4 nitrogen and oxygen atoms in total. The average Bonchev–Trinajstić information content (AvgIpc) is 2.62. The summed E-state index contributed by atoms with van der Waals surface area (Å²) in [5.41, 5.74) is 6.79. The van der Waals surface area contributed by atoms with Crippen molar-refractivity contribution in [2.75, 3.05) is 12.0 Å². The highest BCUT2D eigenvalue weighted by Crippen LogP contribution is 2.34. The summed E-state index contributed by atoms with van der Waals surface area (Å²) in [4.78, 5) is 11.9. The standard InChI is InChI=1S/C18H20Cl2N2O2S.ClH/c1-25-10-9-15(21)18(23)22-11-12-5-7-13(8-6-12)24-16-4-2-3-14(19)17(16)20;/h2-8,15H,9-11,21H2,1H3,(H,22,23);1H/t15-;/m0./s1. The fraction of sp³-hybridized carbons (Fsp3) is 0.278. The summed E-state index contributed by atoms with van der Waals surface area (Å²) in [6.07, 6.45) is 2.66. The van der Waals surface area contributed by atoms with Crippen LogP contribution in [0, 0.1) is 0 Å². The first-order valence-corrected chi connectivity index (χ1v) is 9.89. The van der Waals surface area contributed by atoms with E-state index in [2.05, 4.69) is 5.32 Å². The van der Waals surface area contributed by atoms with E-state index in [0.717, 1.165) is 11.3 Å². The minimum Gasteiger partial charge on any atom is -0.456 e. The van der Waals surface area contributed by atoms with E-state index in [0.29, 0.717) is 34.5 Å². The molecule has 8 heteroatoms. The Morgan fingerprint density at radius 3 is 2.58 bits per heavy atom. The molecule has 0 aromatic heterocycles. The van der Waals surface area contributed by atoms with Crippen LogP contribution in [0.5, 0.6) is 11.5 Å². The van der Waals surface area contributed by atoms with E-state index >= 15 is 0 Å². The summed E-state index contributed by atoms with van der Waals surface area (Å²) in [5, 5.41) is 3.66. The number of benzene rings is 2. The molecule has 2 aromatic carbocycles. The van der Waals surface area contributed by atoms with Gasteiger partial charge < -0.3 is 15.8 Å². The van der Waals surface area contributed by atoms with Crippen LogP contribution in [0.15, 0.2) is 42.5 Å². The molecule has 142 valence electrons. The summed E-state index contributed by atoms with van der Waals surface area (Å²) in [6.45, 7) is 0.421. The molecule has 0 aliphatic carbocycles. The molecule has 0 heterocycles.